The van der Waals surface area contributed by atoms with E-state index >= 15 is 0 Å². The van der Waals surface area contributed by atoms with E-state index in [1.165, 1.54) is 0 Å². The van der Waals surface area contributed by atoms with Crippen LogP contribution < -0.4 is 16.8 Å². The molecule has 1 unspecified atom stereocenters. The number of nitrogens with two attached hydrogens (primary N) is 2. The summed E-state index contributed by atoms with van der Waals surface area (Å²) >= 11 is 6.16. The highest BCUT2D eigenvalue weighted by molar-refractivity contribution is 6.33. The van der Waals surface area contributed by atoms with Gasteiger partial charge in [-0.1, -0.05) is 17.7 Å². The van der Waals surface area contributed by atoms with E-state index in [1.54, 1.807) is 41.5 Å². The zero-order valence-corrected chi connectivity index (χ0v) is 11.7. The van der Waals surface area contributed by atoms with Gasteiger partial charge in [0.15, 0.2) is 0 Å². The summed E-state index contributed by atoms with van der Waals surface area (Å²) in [6, 6.07) is 4.04. The number of carbonyl (C=O) groups excluding carboxylic acids is 2. The average Bonchev–Trinajstić information content (AvgIpc) is 2.91. The van der Waals surface area contributed by atoms with Crippen LogP contribution in [0.1, 0.15) is 6.42 Å². The molecule has 0 radical (unpaired) electrons. The predicted molar refractivity (Wildman–Crippen MR) is 79.0 cm³/mol. The molecule has 0 fully saturated rings. The Morgan fingerprint density at radius 1 is 1.43 bits per heavy atom. The Morgan fingerprint density at radius 3 is 2.81 bits per heavy atom. The van der Waals surface area contributed by atoms with Crippen molar-refractivity contribution in [2.45, 2.75) is 12.5 Å². The van der Waals surface area contributed by atoms with Crippen molar-refractivity contribution in [1.29, 1.82) is 0 Å². The van der Waals surface area contributed by atoms with Crippen LogP contribution in [0.25, 0.3) is 5.69 Å². The SMILES string of the molecule is NC(=O)CC(N)C(=O)Nc1cccc(Cl)c1-n1ccnc1. The molecule has 0 aliphatic rings. The van der Waals surface area contributed by atoms with E-state index in [0.717, 1.165) is 0 Å². The molecule has 0 aliphatic carbocycles. The predicted octanol–water partition coefficient (Wildman–Crippen LogP) is 0.667. The Bertz CT molecular complexity index is 657. The van der Waals surface area contributed by atoms with E-state index < -0.39 is 17.9 Å². The van der Waals surface area contributed by atoms with E-state index in [4.69, 9.17) is 23.1 Å². The standard InChI is InChI=1S/C13H14ClN5O2/c14-8-2-1-3-10(12(8)19-5-4-17-7-19)18-13(21)9(15)6-11(16)20/h1-5,7,9H,6,15H2,(H2,16,20)(H,18,21). The zero-order valence-electron chi connectivity index (χ0n) is 11.0. The fraction of sp³-hybridized carbons (Fsp3) is 0.154. The molecule has 2 amide bonds. The van der Waals surface area contributed by atoms with Crippen molar-refractivity contribution in [2.75, 3.05) is 5.32 Å². The van der Waals surface area contributed by atoms with Gasteiger partial charge in [0.1, 0.15) is 0 Å². The minimum absolute atomic E-state index is 0.229. The van der Waals surface area contributed by atoms with Gasteiger partial charge in [0.2, 0.25) is 11.8 Å². The van der Waals surface area contributed by atoms with Crippen molar-refractivity contribution >= 4 is 29.1 Å². The summed E-state index contributed by atoms with van der Waals surface area (Å²) in [5, 5.41) is 3.08. The first-order valence-electron chi connectivity index (χ1n) is 6.10. The Kier molecular flexibility index (Phi) is 4.56. The number of nitrogens with zero attached hydrogens (tertiary/aromatic N) is 2. The fourth-order valence-electron chi connectivity index (χ4n) is 1.80. The Labute approximate surface area is 125 Å². The van der Waals surface area contributed by atoms with Crippen LogP contribution >= 0.6 is 11.6 Å². The molecule has 0 bridgehead atoms. The molecule has 2 aromatic rings. The van der Waals surface area contributed by atoms with E-state index in [0.29, 0.717) is 16.4 Å². The maximum absolute atomic E-state index is 12.0. The Balaban J connectivity index is 2.27. The van der Waals surface area contributed by atoms with Gasteiger partial charge in [0.25, 0.3) is 0 Å². The molecule has 1 aromatic heterocycles. The largest absolute Gasteiger partial charge is 0.370 e. The zero-order chi connectivity index (χ0) is 15.4. The number of para-hydroxylation sites is 1. The molecule has 0 spiro atoms. The van der Waals surface area contributed by atoms with Crippen LogP contribution in [0.3, 0.4) is 0 Å². The molecule has 7 nitrogen and oxygen atoms in total. The normalized spacial score (nSPS) is 11.9. The first kappa shape index (κ1) is 15.0. The lowest BCUT2D eigenvalue weighted by atomic mass is 10.2. The smallest absolute Gasteiger partial charge is 0.241 e. The molecule has 21 heavy (non-hydrogen) atoms. The summed E-state index contributed by atoms with van der Waals surface area (Å²) < 4.78 is 1.66. The van der Waals surface area contributed by atoms with Crippen molar-refractivity contribution in [1.82, 2.24) is 9.55 Å². The number of aromatic nitrogens is 2. The highest BCUT2D eigenvalue weighted by atomic mass is 35.5. The molecular formula is C13H14ClN5O2. The number of imidazole rings is 1. The Morgan fingerprint density at radius 2 is 2.19 bits per heavy atom. The maximum Gasteiger partial charge on any atom is 0.241 e. The van der Waals surface area contributed by atoms with Crippen molar-refractivity contribution in [2.24, 2.45) is 11.5 Å². The number of anilines is 1. The number of carbonyl (C=O) groups is 2. The van der Waals surface area contributed by atoms with Crippen LogP contribution in [0.2, 0.25) is 5.02 Å². The van der Waals surface area contributed by atoms with Gasteiger partial charge in [-0.25, -0.2) is 4.98 Å². The van der Waals surface area contributed by atoms with E-state index in [2.05, 4.69) is 10.3 Å². The highest BCUT2D eigenvalue weighted by Gasteiger charge is 2.18. The molecule has 2 rings (SSSR count). The second-order valence-corrected chi connectivity index (χ2v) is 4.78. The minimum Gasteiger partial charge on any atom is -0.370 e. The lowest BCUT2D eigenvalue weighted by Gasteiger charge is -2.15. The number of hydrogen-bond acceptors (Lipinski definition) is 4. The first-order chi connectivity index (χ1) is 9.99. The van der Waals surface area contributed by atoms with Crippen molar-refractivity contribution in [3.8, 4) is 5.69 Å². The number of halogens is 1. The summed E-state index contributed by atoms with van der Waals surface area (Å²) in [7, 11) is 0. The van der Waals surface area contributed by atoms with E-state index in [1.807, 2.05) is 0 Å². The van der Waals surface area contributed by atoms with Crippen molar-refractivity contribution < 1.29 is 9.59 Å². The van der Waals surface area contributed by atoms with Crippen molar-refractivity contribution in [3.05, 3.63) is 41.9 Å². The second kappa shape index (κ2) is 6.38. The summed E-state index contributed by atoms with van der Waals surface area (Å²) in [5.41, 5.74) is 11.7. The van der Waals surface area contributed by atoms with Crippen LogP contribution in [0.5, 0.6) is 0 Å². The lowest BCUT2D eigenvalue weighted by molar-refractivity contribution is -0.123. The van der Waals surface area contributed by atoms with Crippen LogP contribution in [0, 0.1) is 0 Å². The number of hydrogen-bond donors (Lipinski definition) is 3. The third-order valence-corrected chi connectivity index (χ3v) is 3.07. The van der Waals surface area contributed by atoms with Gasteiger partial charge < -0.3 is 21.4 Å². The minimum atomic E-state index is -1.02. The van der Waals surface area contributed by atoms with Crippen LogP contribution in [0.15, 0.2) is 36.9 Å². The van der Waals surface area contributed by atoms with Crippen molar-refractivity contribution in [3.63, 3.8) is 0 Å². The molecule has 0 aliphatic heterocycles. The van der Waals surface area contributed by atoms with Gasteiger partial charge in [-0.05, 0) is 12.1 Å². The highest BCUT2D eigenvalue weighted by Crippen LogP contribution is 2.28. The number of benzene rings is 1. The third-order valence-electron chi connectivity index (χ3n) is 2.77. The number of primary amides is 1. The topological polar surface area (TPSA) is 116 Å². The van der Waals surface area contributed by atoms with E-state index in [-0.39, 0.29) is 6.42 Å². The monoisotopic (exact) mass is 307 g/mol. The summed E-state index contributed by atoms with van der Waals surface area (Å²) in [6.45, 7) is 0. The number of rotatable bonds is 5. The van der Waals surface area contributed by atoms with Gasteiger partial charge in [-0.3, -0.25) is 9.59 Å². The van der Waals surface area contributed by atoms with Gasteiger partial charge in [-0.15, -0.1) is 0 Å². The molecule has 0 saturated carbocycles. The van der Waals surface area contributed by atoms with Gasteiger partial charge in [0, 0.05) is 12.4 Å². The van der Waals surface area contributed by atoms with Gasteiger partial charge in [-0.2, -0.15) is 0 Å². The summed E-state index contributed by atoms with van der Waals surface area (Å²) in [6.07, 6.45) is 4.61. The molecule has 0 saturated heterocycles. The number of amides is 2. The van der Waals surface area contributed by atoms with E-state index in [9.17, 15) is 9.59 Å². The molecule has 5 N–H and O–H groups in total. The number of nitrogens with one attached hydrogen (secondary N) is 1. The fourth-order valence-corrected chi connectivity index (χ4v) is 2.08. The average molecular weight is 308 g/mol. The van der Waals surface area contributed by atoms with Crippen LogP contribution in [-0.4, -0.2) is 27.4 Å². The quantitative estimate of drug-likeness (QED) is 0.752. The van der Waals surface area contributed by atoms with Gasteiger partial charge >= 0.3 is 0 Å². The molecule has 8 heteroatoms. The molecule has 1 aromatic carbocycles. The first-order valence-corrected chi connectivity index (χ1v) is 6.48. The lowest BCUT2D eigenvalue weighted by Crippen LogP contribution is -2.39. The third kappa shape index (κ3) is 3.59. The maximum atomic E-state index is 12.0. The van der Waals surface area contributed by atoms with Gasteiger partial charge in [0.05, 0.1) is 35.2 Å². The summed E-state index contributed by atoms with van der Waals surface area (Å²) in [4.78, 5) is 26.7. The Hall–Kier alpha value is -2.38. The molecule has 1 heterocycles. The van der Waals surface area contributed by atoms with Crippen LogP contribution in [0.4, 0.5) is 5.69 Å². The summed E-state index contributed by atoms with van der Waals surface area (Å²) in [5.74, 6) is -1.16. The molecular weight excluding hydrogens is 294 g/mol. The second-order valence-electron chi connectivity index (χ2n) is 4.37. The van der Waals surface area contributed by atoms with Crippen LogP contribution in [-0.2, 0) is 9.59 Å². The molecule has 1 atom stereocenters. The molecule has 110 valence electrons.